The van der Waals surface area contributed by atoms with E-state index in [9.17, 15) is 13.0 Å². The van der Waals surface area contributed by atoms with Crippen molar-refractivity contribution in [1.29, 1.82) is 0 Å². The van der Waals surface area contributed by atoms with Crippen molar-refractivity contribution in [1.82, 2.24) is 0 Å². The van der Waals surface area contributed by atoms with Crippen LogP contribution in [0.1, 0.15) is 38.5 Å². The third kappa shape index (κ3) is 5.87. The molecule has 0 radical (unpaired) electrons. The number of halogens is 2. The number of ether oxygens (including phenoxy) is 1. The van der Waals surface area contributed by atoms with Crippen molar-refractivity contribution in [3.8, 4) is 0 Å². The number of hydrogen-bond acceptors (Lipinski definition) is 2. The van der Waals surface area contributed by atoms with E-state index in [0.29, 0.717) is 0 Å². The van der Waals surface area contributed by atoms with Gasteiger partial charge in [-0.25, -0.2) is 0 Å². The van der Waals surface area contributed by atoms with E-state index in [1.807, 2.05) is 0 Å². The molecule has 0 unspecified atom stereocenters. The summed E-state index contributed by atoms with van der Waals surface area (Å²) in [5.74, 6) is -0.448. The van der Waals surface area contributed by atoms with Crippen molar-refractivity contribution < 1.29 is 17.7 Å². The minimum atomic E-state index is -4.09. The van der Waals surface area contributed by atoms with Crippen LogP contribution >= 0.6 is 0 Å². The maximum absolute atomic E-state index is 12.6. The maximum Gasteiger partial charge on any atom is 0.422 e. The molecule has 0 atom stereocenters. The van der Waals surface area contributed by atoms with Crippen molar-refractivity contribution in [2.45, 2.75) is 57.2 Å². The van der Waals surface area contributed by atoms with Gasteiger partial charge in [-0.1, -0.05) is 6.42 Å². The van der Waals surface area contributed by atoms with Gasteiger partial charge in [0.1, 0.15) is 6.10 Å². The quantitative estimate of drug-likeness (QED) is 0.425. The number of esters is 1. The molecule has 0 spiro atoms. The third-order valence-electron chi connectivity index (χ3n) is 2.62. The Morgan fingerprint density at radius 1 is 1.33 bits per heavy atom. The summed E-state index contributed by atoms with van der Waals surface area (Å²) >= 11 is 0. The molecule has 0 aliphatic heterocycles. The van der Waals surface area contributed by atoms with Gasteiger partial charge < -0.3 is 4.74 Å². The molecule has 1 saturated carbocycles. The molecule has 88 valence electrons. The average molecular weight is 236 g/mol. The molecular weight excluding hydrogens is 218 g/mol. The lowest BCUT2D eigenvalue weighted by molar-refractivity contribution is -0.150. The Bertz CT molecular complexity index is 210. The Morgan fingerprint density at radius 3 is 2.47 bits per heavy atom. The van der Waals surface area contributed by atoms with Crippen LogP contribution in [-0.2, 0) is 9.53 Å². The first-order valence-corrected chi connectivity index (χ1v) is 8.01. The summed E-state index contributed by atoms with van der Waals surface area (Å²) in [5, 5.41) is 0. The topological polar surface area (TPSA) is 26.3 Å². The molecule has 1 rings (SSSR count). The molecule has 0 N–H and O–H groups in total. The van der Waals surface area contributed by atoms with Crippen LogP contribution in [0.3, 0.4) is 0 Å². The molecule has 2 nitrogen and oxygen atoms in total. The van der Waals surface area contributed by atoms with Gasteiger partial charge in [0.05, 0.1) is 0 Å². The van der Waals surface area contributed by atoms with Gasteiger partial charge in [-0.15, -0.1) is 0 Å². The molecule has 0 aromatic heterocycles. The summed E-state index contributed by atoms with van der Waals surface area (Å²) < 4.78 is 30.3. The molecule has 1 aliphatic rings. The fourth-order valence-electron chi connectivity index (χ4n) is 1.75. The molecule has 0 saturated heterocycles. The minimum absolute atomic E-state index is 0.0154. The standard InChI is InChI=1S/C10H18F2O2Si/c1-15(11,12)8-7-10(13)14-9-5-3-2-4-6-9/h9H,2-8H2,1H3. The Kier molecular flexibility index (Phi) is 4.69. The molecule has 0 amide bonds. The van der Waals surface area contributed by atoms with Crippen molar-refractivity contribution in [3.63, 3.8) is 0 Å². The number of carbonyl (C=O) groups is 1. The zero-order valence-corrected chi connectivity index (χ0v) is 10.1. The highest BCUT2D eigenvalue weighted by Gasteiger charge is 2.29. The highest BCUT2D eigenvalue weighted by atomic mass is 28.4. The summed E-state index contributed by atoms with van der Waals surface area (Å²) in [6, 6.07) is -0.279. The molecule has 5 heteroatoms. The third-order valence-corrected chi connectivity index (χ3v) is 3.75. The Labute approximate surface area is 90.4 Å². The maximum atomic E-state index is 12.6. The van der Waals surface area contributed by atoms with Crippen molar-refractivity contribution in [2.24, 2.45) is 0 Å². The van der Waals surface area contributed by atoms with E-state index >= 15 is 0 Å². The van der Waals surface area contributed by atoms with Gasteiger partial charge in [0.25, 0.3) is 0 Å². The van der Waals surface area contributed by atoms with E-state index in [1.54, 1.807) is 0 Å². The van der Waals surface area contributed by atoms with Gasteiger partial charge in [-0.05, 0) is 32.2 Å². The van der Waals surface area contributed by atoms with Gasteiger partial charge in [0, 0.05) is 12.5 Å². The minimum Gasteiger partial charge on any atom is -0.462 e. The fraction of sp³-hybridized carbons (Fsp3) is 0.900. The SMILES string of the molecule is C[Si](F)(F)CCC(=O)OC1CCCCC1. The molecule has 0 aromatic carbocycles. The van der Waals surface area contributed by atoms with Crippen LogP contribution in [0.25, 0.3) is 0 Å². The van der Waals surface area contributed by atoms with Gasteiger partial charge in [0.15, 0.2) is 0 Å². The lowest BCUT2D eigenvalue weighted by atomic mass is 9.98. The monoisotopic (exact) mass is 236 g/mol. The molecular formula is C10H18F2O2Si. The smallest absolute Gasteiger partial charge is 0.422 e. The average Bonchev–Trinajstić information content (AvgIpc) is 2.15. The second-order valence-electron chi connectivity index (χ2n) is 4.32. The van der Waals surface area contributed by atoms with E-state index in [4.69, 9.17) is 4.74 Å². The Morgan fingerprint density at radius 2 is 1.93 bits per heavy atom. The zero-order chi connectivity index (χ0) is 11.3. The molecule has 0 heterocycles. The largest absolute Gasteiger partial charge is 0.462 e. The molecule has 0 aromatic rings. The molecule has 0 bridgehead atoms. The lowest BCUT2D eigenvalue weighted by Gasteiger charge is -2.21. The van der Waals surface area contributed by atoms with Crippen LogP contribution in [0.2, 0.25) is 12.6 Å². The second kappa shape index (κ2) is 5.58. The highest BCUT2D eigenvalue weighted by molar-refractivity contribution is 6.64. The van der Waals surface area contributed by atoms with Crippen molar-refractivity contribution >= 4 is 14.7 Å². The Hall–Kier alpha value is -0.453. The van der Waals surface area contributed by atoms with Gasteiger partial charge >= 0.3 is 14.7 Å². The normalized spacial score (nSPS) is 18.9. The van der Waals surface area contributed by atoms with Gasteiger partial charge in [-0.2, -0.15) is 0 Å². The Balaban J connectivity index is 2.17. The second-order valence-corrected chi connectivity index (χ2v) is 6.96. The lowest BCUT2D eigenvalue weighted by Crippen LogP contribution is -2.23. The number of hydrogen-bond donors (Lipinski definition) is 0. The van der Waals surface area contributed by atoms with E-state index in [2.05, 4.69) is 0 Å². The van der Waals surface area contributed by atoms with E-state index in [-0.39, 0.29) is 18.6 Å². The van der Waals surface area contributed by atoms with Crippen LogP contribution in [0.5, 0.6) is 0 Å². The van der Waals surface area contributed by atoms with Crippen LogP contribution in [-0.4, -0.2) is 20.8 Å². The van der Waals surface area contributed by atoms with Crippen LogP contribution < -0.4 is 0 Å². The predicted molar refractivity (Wildman–Crippen MR) is 56.2 cm³/mol. The zero-order valence-electron chi connectivity index (χ0n) is 9.10. The first-order valence-electron chi connectivity index (χ1n) is 5.55. The summed E-state index contributed by atoms with van der Waals surface area (Å²) in [6.45, 7) is 0.959. The summed E-state index contributed by atoms with van der Waals surface area (Å²) in [7, 11) is -4.09. The van der Waals surface area contributed by atoms with Gasteiger partial charge in [-0.3, -0.25) is 13.0 Å². The summed E-state index contributed by atoms with van der Waals surface area (Å²) in [6.07, 6.45) is 5.00. The van der Waals surface area contributed by atoms with Crippen molar-refractivity contribution in [3.05, 3.63) is 0 Å². The number of rotatable bonds is 4. The molecule has 1 fully saturated rings. The molecule has 1 aliphatic carbocycles. The summed E-state index contributed by atoms with van der Waals surface area (Å²) in [5.41, 5.74) is 0. The first kappa shape index (κ1) is 12.6. The van der Waals surface area contributed by atoms with E-state index in [1.165, 1.54) is 6.42 Å². The van der Waals surface area contributed by atoms with E-state index in [0.717, 1.165) is 32.2 Å². The first-order chi connectivity index (χ1) is 6.97. The van der Waals surface area contributed by atoms with Crippen LogP contribution in [0, 0.1) is 0 Å². The van der Waals surface area contributed by atoms with E-state index < -0.39 is 14.7 Å². The van der Waals surface area contributed by atoms with Crippen LogP contribution in [0.15, 0.2) is 0 Å². The number of carbonyl (C=O) groups excluding carboxylic acids is 1. The van der Waals surface area contributed by atoms with Crippen molar-refractivity contribution in [2.75, 3.05) is 0 Å². The predicted octanol–water partition coefficient (Wildman–Crippen LogP) is 3.26. The highest BCUT2D eigenvalue weighted by Crippen LogP contribution is 2.22. The fourth-order valence-corrected chi connectivity index (χ4v) is 2.39. The van der Waals surface area contributed by atoms with Gasteiger partial charge in [0.2, 0.25) is 0 Å². The molecule has 15 heavy (non-hydrogen) atoms. The summed E-state index contributed by atoms with van der Waals surface area (Å²) in [4.78, 5) is 11.2. The van der Waals surface area contributed by atoms with Crippen LogP contribution in [0.4, 0.5) is 8.22 Å².